The smallest absolute Gasteiger partial charge is 0.422 e. The molecule has 0 radical (unpaired) electrons. The first kappa shape index (κ1) is 20.2. The maximum Gasteiger partial charge on any atom is 0.422 e. The number of aromatic nitrogens is 2. The van der Waals surface area contributed by atoms with Crippen LogP contribution >= 0.6 is 0 Å². The van der Waals surface area contributed by atoms with Crippen LogP contribution in [0, 0.1) is 6.92 Å². The third-order valence-corrected chi connectivity index (χ3v) is 4.65. The molecule has 0 atom stereocenters. The van der Waals surface area contributed by atoms with E-state index in [0.29, 0.717) is 17.8 Å². The Morgan fingerprint density at radius 1 is 1.32 bits per heavy atom. The van der Waals surface area contributed by atoms with Crippen LogP contribution in [0.3, 0.4) is 0 Å². The molecule has 9 heteroatoms. The van der Waals surface area contributed by atoms with Crippen molar-refractivity contribution in [3.05, 3.63) is 41.1 Å². The van der Waals surface area contributed by atoms with Gasteiger partial charge in [0.2, 0.25) is 11.8 Å². The lowest BCUT2D eigenvalue weighted by atomic mass is 10.0. The van der Waals surface area contributed by atoms with Crippen molar-refractivity contribution >= 4 is 11.6 Å². The third kappa shape index (κ3) is 4.64. The second-order valence-corrected chi connectivity index (χ2v) is 6.78. The van der Waals surface area contributed by atoms with Crippen molar-refractivity contribution in [2.24, 2.45) is 7.05 Å². The molecule has 0 bridgehead atoms. The predicted molar refractivity (Wildman–Crippen MR) is 98.3 cm³/mol. The van der Waals surface area contributed by atoms with Gasteiger partial charge in [0.1, 0.15) is 0 Å². The molecule has 0 saturated heterocycles. The van der Waals surface area contributed by atoms with Gasteiger partial charge in [0.15, 0.2) is 6.61 Å². The van der Waals surface area contributed by atoms with Crippen molar-refractivity contribution in [3.63, 3.8) is 0 Å². The van der Waals surface area contributed by atoms with Crippen LogP contribution in [0.15, 0.2) is 24.3 Å². The second-order valence-electron chi connectivity index (χ2n) is 6.78. The largest absolute Gasteiger partial charge is 0.468 e. The first-order valence-corrected chi connectivity index (χ1v) is 9.07. The van der Waals surface area contributed by atoms with Gasteiger partial charge in [-0.05, 0) is 31.4 Å². The van der Waals surface area contributed by atoms with E-state index in [-0.39, 0.29) is 24.9 Å². The van der Waals surface area contributed by atoms with Gasteiger partial charge in [-0.1, -0.05) is 18.2 Å². The van der Waals surface area contributed by atoms with E-state index in [1.807, 2.05) is 24.3 Å². The number of rotatable bonds is 6. The van der Waals surface area contributed by atoms with Gasteiger partial charge >= 0.3 is 6.18 Å². The molecule has 0 saturated carbocycles. The molecule has 3 rings (SSSR count). The van der Waals surface area contributed by atoms with Crippen molar-refractivity contribution in [1.29, 1.82) is 0 Å². The van der Waals surface area contributed by atoms with Crippen molar-refractivity contribution < 1.29 is 22.7 Å². The summed E-state index contributed by atoms with van der Waals surface area (Å²) in [7, 11) is 1.53. The number of ether oxygens (including phenoxy) is 1. The molecule has 0 unspecified atom stereocenters. The van der Waals surface area contributed by atoms with Gasteiger partial charge in [-0.3, -0.25) is 4.79 Å². The highest BCUT2D eigenvalue weighted by atomic mass is 19.4. The average molecular weight is 396 g/mol. The lowest BCUT2D eigenvalue weighted by Crippen LogP contribution is -2.41. The number of alkyl halides is 3. The summed E-state index contributed by atoms with van der Waals surface area (Å²) in [6.45, 7) is 1.22. The summed E-state index contributed by atoms with van der Waals surface area (Å²) < 4.78 is 43.6. The number of para-hydroxylation sites is 1. The fourth-order valence-electron chi connectivity index (χ4n) is 3.40. The monoisotopic (exact) mass is 396 g/mol. The molecule has 1 aromatic heterocycles. The quantitative estimate of drug-likeness (QED) is 0.816. The Bertz CT molecular complexity index is 848. The Labute approximate surface area is 161 Å². The first-order chi connectivity index (χ1) is 13.3. The molecule has 1 amide bonds. The molecular weight excluding hydrogens is 373 g/mol. The number of aryl methyl sites for hydroxylation is 3. The minimum Gasteiger partial charge on any atom is -0.468 e. The molecule has 2 heterocycles. The standard InChI is InChI=1S/C19H23F3N4O2/c1-13-15(18(25(2)24-13)28-12-19(20,21)22)10-23-11-17(27)26-9-5-7-14-6-3-4-8-16(14)26/h3-4,6,8,23H,5,7,9-12H2,1-2H3. The second kappa shape index (κ2) is 8.22. The van der Waals surface area contributed by atoms with Crippen LogP contribution in [-0.2, 0) is 24.8 Å². The van der Waals surface area contributed by atoms with Crippen LogP contribution in [0.4, 0.5) is 18.9 Å². The number of benzene rings is 1. The van der Waals surface area contributed by atoms with Gasteiger partial charge in [-0.2, -0.15) is 18.3 Å². The summed E-state index contributed by atoms with van der Waals surface area (Å²) in [5.41, 5.74) is 3.14. The normalized spacial score (nSPS) is 14.1. The van der Waals surface area contributed by atoms with E-state index in [0.717, 1.165) is 24.1 Å². The van der Waals surface area contributed by atoms with Crippen LogP contribution in [-0.4, -0.2) is 41.6 Å². The third-order valence-electron chi connectivity index (χ3n) is 4.65. The van der Waals surface area contributed by atoms with E-state index in [4.69, 9.17) is 4.74 Å². The van der Waals surface area contributed by atoms with Gasteiger partial charge in [0.05, 0.1) is 17.8 Å². The highest BCUT2D eigenvalue weighted by Gasteiger charge is 2.30. The van der Waals surface area contributed by atoms with E-state index >= 15 is 0 Å². The molecule has 1 aliphatic heterocycles. The summed E-state index contributed by atoms with van der Waals surface area (Å²) in [4.78, 5) is 14.4. The minimum atomic E-state index is -4.43. The van der Waals surface area contributed by atoms with E-state index in [1.54, 1.807) is 11.8 Å². The number of carbonyl (C=O) groups is 1. The van der Waals surface area contributed by atoms with Crippen molar-refractivity contribution in [1.82, 2.24) is 15.1 Å². The Morgan fingerprint density at radius 2 is 2.07 bits per heavy atom. The number of anilines is 1. The number of hydrogen-bond donors (Lipinski definition) is 1. The Morgan fingerprint density at radius 3 is 2.82 bits per heavy atom. The van der Waals surface area contributed by atoms with E-state index in [2.05, 4.69) is 10.4 Å². The molecule has 2 aromatic rings. The van der Waals surface area contributed by atoms with Crippen LogP contribution < -0.4 is 15.0 Å². The number of hydrogen-bond acceptors (Lipinski definition) is 4. The van der Waals surface area contributed by atoms with Crippen molar-refractivity contribution in [2.75, 3.05) is 24.6 Å². The van der Waals surface area contributed by atoms with Gasteiger partial charge in [0.25, 0.3) is 0 Å². The molecule has 6 nitrogen and oxygen atoms in total. The van der Waals surface area contributed by atoms with Crippen LogP contribution in [0.25, 0.3) is 0 Å². The lowest BCUT2D eigenvalue weighted by Gasteiger charge is -2.29. The van der Waals surface area contributed by atoms with Gasteiger partial charge < -0.3 is 15.0 Å². The zero-order valence-electron chi connectivity index (χ0n) is 15.8. The minimum absolute atomic E-state index is 0.0538. The summed E-state index contributed by atoms with van der Waals surface area (Å²) in [5.74, 6) is -0.0236. The van der Waals surface area contributed by atoms with E-state index in [1.165, 1.54) is 11.7 Å². The van der Waals surface area contributed by atoms with Crippen LogP contribution in [0.5, 0.6) is 5.88 Å². The van der Waals surface area contributed by atoms with E-state index < -0.39 is 12.8 Å². The van der Waals surface area contributed by atoms with Gasteiger partial charge in [0, 0.05) is 25.8 Å². The zero-order valence-corrected chi connectivity index (χ0v) is 15.8. The summed E-state index contributed by atoms with van der Waals surface area (Å²) in [5, 5.41) is 7.13. The summed E-state index contributed by atoms with van der Waals surface area (Å²) in [6, 6.07) is 7.81. The molecule has 0 aliphatic carbocycles. The van der Waals surface area contributed by atoms with Gasteiger partial charge in [-0.25, -0.2) is 4.68 Å². The summed E-state index contributed by atoms with van der Waals surface area (Å²) >= 11 is 0. The van der Waals surface area contributed by atoms with E-state index in [9.17, 15) is 18.0 Å². The number of nitrogens with zero attached hydrogens (tertiary/aromatic N) is 3. The van der Waals surface area contributed by atoms with Crippen LogP contribution in [0.2, 0.25) is 0 Å². The fraction of sp³-hybridized carbons (Fsp3) is 0.474. The molecule has 1 aliphatic rings. The SMILES string of the molecule is Cc1nn(C)c(OCC(F)(F)F)c1CNCC(=O)N1CCCc2ccccc21. The lowest BCUT2D eigenvalue weighted by molar-refractivity contribution is -0.154. The number of halogens is 3. The number of carbonyl (C=O) groups excluding carboxylic acids is 1. The molecule has 1 aromatic carbocycles. The zero-order chi connectivity index (χ0) is 20.3. The molecule has 0 fully saturated rings. The van der Waals surface area contributed by atoms with Crippen molar-refractivity contribution in [3.8, 4) is 5.88 Å². The highest BCUT2D eigenvalue weighted by Crippen LogP contribution is 2.27. The number of nitrogens with one attached hydrogen (secondary N) is 1. The molecule has 152 valence electrons. The molecule has 0 spiro atoms. The first-order valence-electron chi connectivity index (χ1n) is 9.07. The highest BCUT2D eigenvalue weighted by molar-refractivity contribution is 5.95. The van der Waals surface area contributed by atoms with Crippen molar-refractivity contribution in [2.45, 2.75) is 32.5 Å². The Kier molecular flexibility index (Phi) is 5.93. The maximum atomic E-state index is 12.6. The fourth-order valence-corrected chi connectivity index (χ4v) is 3.40. The Balaban J connectivity index is 1.62. The molecule has 1 N–H and O–H groups in total. The predicted octanol–water partition coefficient (Wildman–Crippen LogP) is 2.74. The maximum absolute atomic E-state index is 12.6. The van der Waals surface area contributed by atoms with Gasteiger partial charge in [-0.15, -0.1) is 0 Å². The molecular formula is C19H23F3N4O2. The number of amides is 1. The topological polar surface area (TPSA) is 59.4 Å². The van der Waals surface area contributed by atoms with Crippen LogP contribution in [0.1, 0.15) is 23.2 Å². The number of fused-ring (bicyclic) bond motifs is 1. The average Bonchev–Trinajstić information content (AvgIpc) is 2.91. The summed E-state index contributed by atoms with van der Waals surface area (Å²) in [6.07, 6.45) is -2.58. The molecule has 28 heavy (non-hydrogen) atoms. The Hall–Kier alpha value is -2.55.